The van der Waals surface area contributed by atoms with E-state index in [2.05, 4.69) is 19.2 Å². The second-order valence-electron chi connectivity index (χ2n) is 7.09. The fraction of sp³-hybridized carbons (Fsp3) is 0.938. The van der Waals surface area contributed by atoms with E-state index in [0.29, 0.717) is 11.9 Å². The van der Waals surface area contributed by atoms with Gasteiger partial charge in [-0.1, -0.05) is 27.7 Å². The Hall–Kier alpha value is -0.570. The molecule has 1 aliphatic carbocycles. The van der Waals surface area contributed by atoms with Gasteiger partial charge in [0.15, 0.2) is 0 Å². The Morgan fingerprint density at radius 3 is 2.11 bits per heavy atom. The molecule has 0 unspecified atom stereocenters. The quantitative estimate of drug-likeness (QED) is 0.848. The third-order valence-electron chi connectivity index (χ3n) is 4.89. The van der Waals surface area contributed by atoms with E-state index in [1.165, 1.54) is 12.8 Å². The molecule has 0 radical (unpaired) electrons. The van der Waals surface area contributed by atoms with Crippen LogP contribution in [0.2, 0.25) is 0 Å². The lowest BCUT2D eigenvalue weighted by Gasteiger charge is -2.42. The van der Waals surface area contributed by atoms with Gasteiger partial charge in [-0.2, -0.15) is 0 Å². The molecule has 2 aliphatic rings. The molecule has 1 saturated carbocycles. The van der Waals surface area contributed by atoms with E-state index < -0.39 is 0 Å². The van der Waals surface area contributed by atoms with Crippen LogP contribution in [0.4, 0.5) is 0 Å². The van der Waals surface area contributed by atoms with Crippen LogP contribution in [-0.2, 0) is 4.79 Å². The average Bonchev–Trinajstić information content (AvgIpc) is 2.32. The highest BCUT2D eigenvalue weighted by molar-refractivity contribution is 5.78. The summed E-state index contributed by atoms with van der Waals surface area (Å²) in [6.45, 7) is 10.5. The summed E-state index contributed by atoms with van der Waals surface area (Å²) in [7, 11) is 0. The lowest BCUT2D eigenvalue weighted by atomic mass is 9.73. The summed E-state index contributed by atoms with van der Waals surface area (Å²) < 4.78 is 0. The van der Waals surface area contributed by atoms with Gasteiger partial charge in [-0.3, -0.25) is 4.79 Å². The van der Waals surface area contributed by atoms with Gasteiger partial charge in [0, 0.05) is 31.1 Å². The molecule has 19 heavy (non-hydrogen) atoms. The molecule has 3 nitrogen and oxygen atoms in total. The Bertz CT molecular complexity index is 300. The molecular weight excluding hydrogens is 236 g/mol. The number of nitrogens with zero attached hydrogens (tertiary/aromatic N) is 1. The number of carbonyl (C=O) groups excluding carboxylic acids is 1. The van der Waals surface area contributed by atoms with E-state index in [1.807, 2.05) is 18.7 Å². The van der Waals surface area contributed by atoms with Crippen LogP contribution in [0.5, 0.6) is 0 Å². The van der Waals surface area contributed by atoms with E-state index in [4.69, 9.17) is 0 Å². The van der Waals surface area contributed by atoms with E-state index in [9.17, 15) is 4.79 Å². The molecule has 1 aliphatic heterocycles. The molecule has 1 amide bonds. The summed E-state index contributed by atoms with van der Waals surface area (Å²) in [5.74, 6) is 2.23. The Kier molecular flexibility index (Phi) is 4.88. The molecule has 0 atom stereocenters. The van der Waals surface area contributed by atoms with E-state index in [1.54, 1.807) is 0 Å². The number of rotatable bonds is 4. The Morgan fingerprint density at radius 1 is 1.05 bits per heavy atom. The maximum atomic E-state index is 11.9. The molecule has 3 heteroatoms. The number of hydrogen-bond donors (Lipinski definition) is 1. The second-order valence-corrected chi connectivity index (χ2v) is 7.09. The smallest absolute Gasteiger partial charge is 0.225 e. The van der Waals surface area contributed by atoms with Crippen LogP contribution in [0, 0.1) is 17.8 Å². The minimum Gasteiger partial charge on any atom is -0.342 e. The van der Waals surface area contributed by atoms with E-state index >= 15 is 0 Å². The zero-order valence-electron chi connectivity index (χ0n) is 13.0. The third kappa shape index (κ3) is 3.71. The predicted octanol–water partition coefficient (Wildman–Crippen LogP) is 2.66. The molecule has 0 spiro atoms. The summed E-state index contributed by atoms with van der Waals surface area (Å²) in [6.07, 6.45) is 4.95. The van der Waals surface area contributed by atoms with Gasteiger partial charge in [0.05, 0.1) is 0 Å². The molecule has 110 valence electrons. The van der Waals surface area contributed by atoms with Crippen molar-refractivity contribution in [2.75, 3.05) is 13.1 Å². The Labute approximate surface area is 118 Å². The predicted molar refractivity (Wildman–Crippen MR) is 78.9 cm³/mol. The molecule has 2 fully saturated rings. The summed E-state index contributed by atoms with van der Waals surface area (Å²) in [5.41, 5.74) is 0. The number of piperidine rings is 1. The van der Waals surface area contributed by atoms with Gasteiger partial charge < -0.3 is 10.2 Å². The van der Waals surface area contributed by atoms with Gasteiger partial charge in [0.1, 0.15) is 0 Å². The van der Waals surface area contributed by atoms with Crippen molar-refractivity contribution in [3.63, 3.8) is 0 Å². The molecule has 0 bridgehead atoms. The van der Waals surface area contributed by atoms with Crippen LogP contribution in [-0.4, -0.2) is 36.0 Å². The fourth-order valence-corrected chi connectivity index (χ4v) is 3.31. The van der Waals surface area contributed by atoms with Crippen LogP contribution in [0.1, 0.15) is 53.4 Å². The highest BCUT2D eigenvalue weighted by Crippen LogP contribution is 2.34. The summed E-state index contributed by atoms with van der Waals surface area (Å²) in [4.78, 5) is 14.0. The minimum atomic E-state index is 0.142. The topological polar surface area (TPSA) is 32.3 Å². The zero-order valence-corrected chi connectivity index (χ0v) is 13.0. The molecule has 2 rings (SSSR count). The van der Waals surface area contributed by atoms with Gasteiger partial charge in [0.25, 0.3) is 0 Å². The number of carbonyl (C=O) groups is 1. The third-order valence-corrected chi connectivity index (χ3v) is 4.89. The minimum absolute atomic E-state index is 0.142. The van der Waals surface area contributed by atoms with Crippen molar-refractivity contribution in [2.24, 2.45) is 17.8 Å². The molecule has 0 aromatic rings. The maximum absolute atomic E-state index is 11.9. The normalized spacial score (nSPS) is 28.8. The van der Waals surface area contributed by atoms with Gasteiger partial charge >= 0.3 is 0 Å². The Morgan fingerprint density at radius 2 is 1.63 bits per heavy atom. The molecule has 1 saturated heterocycles. The van der Waals surface area contributed by atoms with Crippen molar-refractivity contribution >= 4 is 5.91 Å². The first-order valence-corrected chi connectivity index (χ1v) is 8.02. The van der Waals surface area contributed by atoms with Crippen molar-refractivity contribution < 1.29 is 4.79 Å². The van der Waals surface area contributed by atoms with Crippen molar-refractivity contribution in [1.82, 2.24) is 10.2 Å². The SMILES string of the molecule is CC(C)C(=O)N1CCC(NC2CC(C(C)C)C2)CC1. The van der Waals surface area contributed by atoms with Crippen molar-refractivity contribution in [3.05, 3.63) is 0 Å². The largest absolute Gasteiger partial charge is 0.342 e. The molecule has 0 aromatic heterocycles. The van der Waals surface area contributed by atoms with E-state index in [0.717, 1.165) is 43.8 Å². The van der Waals surface area contributed by atoms with Crippen LogP contribution >= 0.6 is 0 Å². The lowest BCUT2D eigenvalue weighted by molar-refractivity contribution is -0.135. The number of likely N-dealkylation sites (tertiary alicyclic amines) is 1. The first kappa shape index (κ1) is 14.8. The summed E-state index contributed by atoms with van der Waals surface area (Å²) >= 11 is 0. The van der Waals surface area contributed by atoms with E-state index in [-0.39, 0.29) is 5.92 Å². The molecule has 1 N–H and O–H groups in total. The summed E-state index contributed by atoms with van der Waals surface area (Å²) in [5, 5.41) is 3.79. The van der Waals surface area contributed by atoms with Crippen LogP contribution < -0.4 is 5.32 Å². The maximum Gasteiger partial charge on any atom is 0.225 e. The first-order valence-electron chi connectivity index (χ1n) is 8.02. The number of nitrogens with one attached hydrogen (secondary N) is 1. The van der Waals surface area contributed by atoms with Gasteiger partial charge in [-0.15, -0.1) is 0 Å². The van der Waals surface area contributed by atoms with Crippen molar-refractivity contribution in [3.8, 4) is 0 Å². The van der Waals surface area contributed by atoms with Crippen molar-refractivity contribution in [2.45, 2.75) is 65.5 Å². The standard InChI is InChI=1S/C16H30N2O/c1-11(2)13-9-15(10-13)17-14-5-7-18(8-6-14)16(19)12(3)4/h11-15,17H,5-10H2,1-4H3. The number of hydrogen-bond acceptors (Lipinski definition) is 2. The van der Waals surface area contributed by atoms with Crippen LogP contribution in [0.3, 0.4) is 0 Å². The van der Waals surface area contributed by atoms with Crippen LogP contribution in [0.15, 0.2) is 0 Å². The van der Waals surface area contributed by atoms with Gasteiger partial charge in [-0.25, -0.2) is 0 Å². The zero-order chi connectivity index (χ0) is 14.0. The highest BCUT2D eigenvalue weighted by Gasteiger charge is 2.33. The van der Waals surface area contributed by atoms with Gasteiger partial charge in [0.2, 0.25) is 5.91 Å². The fourth-order valence-electron chi connectivity index (χ4n) is 3.31. The molecule has 1 heterocycles. The molecule has 0 aromatic carbocycles. The van der Waals surface area contributed by atoms with Crippen molar-refractivity contribution in [1.29, 1.82) is 0 Å². The highest BCUT2D eigenvalue weighted by atomic mass is 16.2. The summed E-state index contributed by atoms with van der Waals surface area (Å²) in [6, 6.07) is 1.37. The van der Waals surface area contributed by atoms with Gasteiger partial charge in [-0.05, 0) is 37.5 Å². The lowest BCUT2D eigenvalue weighted by Crippen LogP contribution is -2.52. The second kappa shape index (κ2) is 6.25. The van der Waals surface area contributed by atoms with Crippen LogP contribution in [0.25, 0.3) is 0 Å². The average molecular weight is 266 g/mol. The number of amides is 1. The first-order chi connectivity index (χ1) is 8.97. The Balaban J connectivity index is 1.66. The molecular formula is C16H30N2O. The monoisotopic (exact) mass is 266 g/mol.